The van der Waals surface area contributed by atoms with Gasteiger partial charge in [-0.3, -0.25) is 4.79 Å². The second-order valence-electron chi connectivity index (χ2n) is 8.22. The van der Waals surface area contributed by atoms with Crippen LogP contribution in [-0.2, 0) is 11.2 Å². The third-order valence-corrected chi connectivity index (χ3v) is 5.93. The summed E-state index contributed by atoms with van der Waals surface area (Å²) in [4.78, 5) is 17.0. The first-order chi connectivity index (χ1) is 15.9. The van der Waals surface area contributed by atoms with Crippen molar-refractivity contribution >= 4 is 5.91 Å². The van der Waals surface area contributed by atoms with Gasteiger partial charge in [0.25, 0.3) is 0 Å². The summed E-state index contributed by atoms with van der Waals surface area (Å²) in [6, 6.07) is 13.4. The fraction of sp³-hybridized carbons (Fsp3) is 0.360. The molecular weight excluding hydrogens is 423 g/mol. The van der Waals surface area contributed by atoms with Gasteiger partial charge in [0, 0.05) is 38.2 Å². The topological polar surface area (TPSA) is 59.8 Å². The monoisotopic (exact) mass is 452 g/mol. The maximum absolute atomic E-state index is 13.4. The molecule has 4 rings (SSSR count). The molecule has 0 unspecified atom stereocenters. The Morgan fingerprint density at radius 3 is 2.27 bits per heavy atom. The first-order valence-corrected chi connectivity index (χ1v) is 11.1. The van der Waals surface area contributed by atoms with E-state index in [-0.39, 0.29) is 11.7 Å². The highest BCUT2D eigenvalue weighted by atomic mass is 19.1. The molecule has 0 spiro atoms. The van der Waals surface area contributed by atoms with E-state index in [9.17, 15) is 9.18 Å². The predicted molar refractivity (Wildman–Crippen MR) is 124 cm³/mol. The van der Waals surface area contributed by atoms with Crippen LogP contribution >= 0.6 is 0 Å². The minimum atomic E-state index is -0.333. The number of hydrogen-bond acceptors (Lipinski definition) is 5. The normalized spacial score (nSPS) is 14.4. The number of nitrogens with zero attached hydrogens (tertiary/aromatic N) is 4. The number of aromatic nitrogens is 2. The number of likely N-dealkylation sites (N-methyl/N-ethyl adjacent to an activating group) is 1. The summed E-state index contributed by atoms with van der Waals surface area (Å²) in [5, 5.41) is 4.70. The van der Waals surface area contributed by atoms with Gasteiger partial charge in [0.1, 0.15) is 17.3 Å². The van der Waals surface area contributed by atoms with E-state index in [0.717, 1.165) is 48.9 Å². The van der Waals surface area contributed by atoms with Gasteiger partial charge in [-0.05, 0) is 68.9 Å². The highest BCUT2D eigenvalue weighted by molar-refractivity contribution is 5.76. The molecule has 0 radical (unpaired) electrons. The molecule has 1 saturated heterocycles. The molecule has 1 fully saturated rings. The van der Waals surface area contributed by atoms with Gasteiger partial charge >= 0.3 is 0 Å². The zero-order chi connectivity index (χ0) is 23.4. The summed E-state index contributed by atoms with van der Waals surface area (Å²) in [6.45, 7) is 5.18. The van der Waals surface area contributed by atoms with Crippen molar-refractivity contribution in [2.45, 2.75) is 19.8 Å². The molecule has 2 aromatic carbocycles. The lowest BCUT2D eigenvalue weighted by molar-refractivity contribution is -0.132. The number of amides is 1. The number of hydrogen-bond donors (Lipinski definition) is 0. The number of piperazine rings is 1. The third kappa shape index (κ3) is 5.34. The maximum Gasteiger partial charge on any atom is 0.226 e. The van der Waals surface area contributed by atoms with Gasteiger partial charge in [0.15, 0.2) is 0 Å². The fourth-order valence-electron chi connectivity index (χ4n) is 3.89. The molecule has 1 aromatic heterocycles. The van der Waals surface area contributed by atoms with Crippen LogP contribution in [0.4, 0.5) is 4.39 Å². The van der Waals surface area contributed by atoms with Gasteiger partial charge < -0.3 is 19.3 Å². The van der Waals surface area contributed by atoms with E-state index in [2.05, 4.69) is 11.9 Å². The van der Waals surface area contributed by atoms with Crippen molar-refractivity contribution in [2.24, 2.45) is 0 Å². The molecule has 8 heteroatoms. The summed E-state index contributed by atoms with van der Waals surface area (Å²) >= 11 is 0. The predicted octanol–water partition coefficient (Wildman–Crippen LogP) is 3.83. The lowest BCUT2D eigenvalue weighted by Gasteiger charge is -2.32. The van der Waals surface area contributed by atoms with Crippen LogP contribution in [0.1, 0.15) is 17.7 Å². The first kappa shape index (κ1) is 22.8. The largest absolute Gasteiger partial charge is 0.497 e. The van der Waals surface area contributed by atoms with Gasteiger partial charge in [0.05, 0.1) is 18.5 Å². The van der Waals surface area contributed by atoms with E-state index in [1.54, 1.807) is 23.9 Å². The molecule has 0 saturated carbocycles. The molecular formula is C25H29FN4O3. The maximum atomic E-state index is 13.4. The Hall–Kier alpha value is -3.39. The van der Waals surface area contributed by atoms with E-state index in [4.69, 9.17) is 14.6 Å². The molecule has 7 nitrogen and oxygen atoms in total. The van der Waals surface area contributed by atoms with Crippen molar-refractivity contribution < 1.29 is 18.7 Å². The van der Waals surface area contributed by atoms with E-state index < -0.39 is 0 Å². The molecule has 0 N–H and O–H groups in total. The van der Waals surface area contributed by atoms with E-state index in [1.165, 1.54) is 12.1 Å². The summed E-state index contributed by atoms with van der Waals surface area (Å²) in [5.41, 5.74) is 2.44. The average molecular weight is 453 g/mol. The van der Waals surface area contributed by atoms with Crippen LogP contribution in [0.5, 0.6) is 17.4 Å². The van der Waals surface area contributed by atoms with Crippen LogP contribution in [0.3, 0.4) is 0 Å². The number of halogens is 1. The first-order valence-electron chi connectivity index (χ1n) is 11.1. The number of ether oxygens (including phenoxy) is 2. The van der Waals surface area contributed by atoms with Gasteiger partial charge in [-0.1, -0.05) is 0 Å². The van der Waals surface area contributed by atoms with Crippen molar-refractivity contribution in [1.29, 1.82) is 0 Å². The Labute approximate surface area is 193 Å². The molecule has 174 valence electrons. The third-order valence-electron chi connectivity index (χ3n) is 5.93. The van der Waals surface area contributed by atoms with Crippen molar-refractivity contribution in [3.63, 3.8) is 0 Å². The van der Waals surface area contributed by atoms with Crippen LogP contribution in [-0.4, -0.2) is 65.8 Å². The average Bonchev–Trinajstić information content (AvgIpc) is 3.14. The van der Waals surface area contributed by atoms with E-state index in [0.29, 0.717) is 24.5 Å². The minimum absolute atomic E-state index is 0.132. The molecule has 3 aromatic rings. The Morgan fingerprint density at radius 1 is 1.00 bits per heavy atom. The van der Waals surface area contributed by atoms with Crippen LogP contribution in [0.25, 0.3) is 5.69 Å². The smallest absolute Gasteiger partial charge is 0.226 e. The van der Waals surface area contributed by atoms with Gasteiger partial charge in [0.2, 0.25) is 11.8 Å². The lowest BCUT2D eigenvalue weighted by atomic mass is 10.1. The number of aryl methyl sites for hydroxylation is 1. The number of benzene rings is 2. The van der Waals surface area contributed by atoms with Crippen molar-refractivity contribution in [3.8, 4) is 23.1 Å². The summed E-state index contributed by atoms with van der Waals surface area (Å²) in [7, 11) is 3.68. The summed E-state index contributed by atoms with van der Waals surface area (Å²) < 4.78 is 26.6. The van der Waals surface area contributed by atoms with Crippen LogP contribution in [0.15, 0.2) is 48.5 Å². The summed E-state index contributed by atoms with van der Waals surface area (Å²) in [5.74, 6) is 1.56. The van der Waals surface area contributed by atoms with Crippen molar-refractivity contribution in [3.05, 3.63) is 65.6 Å². The number of methoxy groups -OCH3 is 1. The number of carbonyl (C=O) groups is 1. The highest BCUT2D eigenvalue weighted by Gasteiger charge is 2.23. The molecule has 0 aliphatic carbocycles. The molecule has 0 atom stereocenters. The second-order valence-corrected chi connectivity index (χ2v) is 8.22. The Bertz CT molecular complexity index is 1090. The Morgan fingerprint density at radius 2 is 1.64 bits per heavy atom. The SMILES string of the molecule is COc1ccc(-n2nc(C)c(CCC(=O)N3CCN(C)CC3)c2Oc2ccc(F)cc2)cc1. The fourth-order valence-corrected chi connectivity index (χ4v) is 3.89. The molecule has 1 aliphatic heterocycles. The quantitative estimate of drug-likeness (QED) is 0.545. The standard InChI is InChI=1S/C25H29FN4O3/c1-18-23(12-13-24(31)29-16-14-28(2)15-17-29)25(33-22-8-4-19(26)5-9-22)30(27-18)20-6-10-21(32-3)11-7-20/h4-11H,12-17H2,1-3H3. The summed E-state index contributed by atoms with van der Waals surface area (Å²) in [6.07, 6.45) is 0.877. The van der Waals surface area contributed by atoms with Crippen LogP contribution in [0, 0.1) is 12.7 Å². The lowest BCUT2D eigenvalue weighted by Crippen LogP contribution is -2.47. The second kappa shape index (κ2) is 10.0. The molecule has 0 bridgehead atoms. The number of carbonyl (C=O) groups excluding carboxylic acids is 1. The highest BCUT2D eigenvalue weighted by Crippen LogP contribution is 2.32. The van der Waals surface area contributed by atoms with E-state index in [1.807, 2.05) is 36.1 Å². The van der Waals surface area contributed by atoms with Gasteiger partial charge in [-0.2, -0.15) is 5.10 Å². The van der Waals surface area contributed by atoms with E-state index >= 15 is 0 Å². The van der Waals surface area contributed by atoms with Crippen molar-refractivity contribution in [2.75, 3.05) is 40.3 Å². The van der Waals surface area contributed by atoms with Gasteiger partial charge in [-0.25, -0.2) is 9.07 Å². The molecule has 2 heterocycles. The zero-order valence-corrected chi connectivity index (χ0v) is 19.3. The van der Waals surface area contributed by atoms with Crippen LogP contribution in [0.2, 0.25) is 0 Å². The minimum Gasteiger partial charge on any atom is -0.497 e. The molecule has 33 heavy (non-hydrogen) atoms. The molecule has 1 aliphatic rings. The van der Waals surface area contributed by atoms with Gasteiger partial charge in [-0.15, -0.1) is 0 Å². The zero-order valence-electron chi connectivity index (χ0n) is 19.3. The van der Waals surface area contributed by atoms with Crippen molar-refractivity contribution in [1.82, 2.24) is 19.6 Å². The molecule has 1 amide bonds. The van der Waals surface area contributed by atoms with Crippen LogP contribution < -0.4 is 9.47 Å². The number of rotatable bonds is 7. The Balaban J connectivity index is 1.61. The Kier molecular flexibility index (Phi) is 6.93.